The molecule has 9 heteroatoms. The molecule has 1 fully saturated rings. The lowest BCUT2D eigenvalue weighted by molar-refractivity contribution is 0.313. The van der Waals surface area contributed by atoms with E-state index >= 15 is 0 Å². The van der Waals surface area contributed by atoms with Gasteiger partial charge in [0.2, 0.25) is 0 Å². The average molecular weight is 364 g/mol. The fraction of sp³-hybridized carbons (Fsp3) is 0.562. The molecule has 0 aliphatic carbocycles. The number of anilines is 1. The molecule has 1 aliphatic rings. The van der Waals surface area contributed by atoms with Crippen LogP contribution in [0.15, 0.2) is 23.6 Å². The van der Waals surface area contributed by atoms with Crippen LogP contribution in [0.4, 0.5) is 5.82 Å². The van der Waals surface area contributed by atoms with Crippen molar-refractivity contribution in [2.45, 2.75) is 37.8 Å². The summed E-state index contributed by atoms with van der Waals surface area (Å²) in [6.07, 6.45) is 4.64. The number of aromatic nitrogens is 4. The molecule has 3 heterocycles. The number of imidazole rings is 1. The second-order valence-corrected chi connectivity index (χ2v) is 8.39. The maximum atomic E-state index is 12.8. The molecule has 0 bridgehead atoms. The number of sulfonamides is 1. The van der Waals surface area contributed by atoms with Crippen LogP contribution >= 0.6 is 0 Å². The van der Waals surface area contributed by atoms with Gasteiger partial charge in [-0.3, -0.25) is 0 Å². The Labute approximate surface area is 148 Å². The predicted molar refractivity (Wildman–Crippen MR) is 94.9 cm³/mol. The zero-order chi connectivity index (χ0) is 18.2. The van der Waals surface area contributed by atoms with Crippen molar-refractivity contribution < 1.29 is 8.42 Å². The Bertz CT molecular complexity index is 836. The van der Waals surface area contributed by atoms with Crippen molar-refractivity contribution in [3.05, 3.63) is 30.1 Å². The molecule has 25 heavy (non-hydrogen) atoms. The van der Waals surface area contributed by atoms with Crippen LogP contribution in [-0.2, 0) is 17.1 Å². The molecule has 0 N–H and O–H groups in total. The first kappa shape index (κ1) is 17.8. The van der Waals surface area contributed by atoms with Crippen LogP contribution in [0, 0.1) is 13.8 Å². The van der Waals surface area contributed by atoms with Crippen molar-refractivity contribution in [3.63, 3.8) is 0 Å². The minimum atomic E-state index is -3.53. The first-order valence-electron chi connectivity index (χ1n) is 8.30. The second kappa shape index (κ2) is 6.72. The highest BCUT2D eigenvalue weighted by Crippen LogP contribution is 2.24. The quantitative estimate of drug-likeness (QED) is 0.808. The highest BCUT2D eigenvalue weighted by molar-refractivity contribution is 7.89. The molecule has 0 atom stereocenters. The molecule has 3 rings (SSSR count). The third-order valence-corrected chi connectivity index (χ3v) is 6.58. The number of nitrogens with zero attached hydrogens (tertiary/aromatic N) is 6. The van der Waals surface area contributed by atoms with E-state index in [-0.39, 0.29) is 11.1 Å². The minimum absolute atomic E-state index is 0.130. The second-order valence-electron chi connectivity index (χ2n) is 6.50. The van der Waals surface area contributed by atoms with E-state index in [1.165, 1.54) is 4.31 Å². The molecule has 0 unspecified atom stereocenters. The van der Waals surface area contributed by atoms with E-state index in [2.05, 4.69) is 19.9 Å². The number of aryl methyl sites for hydroxylation is 3. The fourth-order valence-corrected chi connectivity index (χ4v) is 4.57. The van der Waals surface area contributed by atoms with Gasteiger partial charge in [-0.15, -0.1) is 0 Å². The summed E-state index contributed by atoms with van der Waals surface area (Å²) in [4.78, 5) is 14.7. The van der Waals surface area contributed by atoms with Crippen LogP contribution in [0.2, 0.25) is 0 Å². The monoisotopic (exact) mass is 364 g/mol. The largest absolute Gasteiger partial charge is 0.356 e. The van der Waals surface area contributed by atoms with E-state index in [0.717, 1.165) is 24.4 Å². The summed E-state index contributed by atoms with van der Waals surface area (Å²) < 4.78 is 28.8. The highest BCUT2D eigenvalue weighted by atomic mass is 32.2. The molecule has 0 saturated carbocycles. The van der Waals surface area contributed by atoms with Crippen LogP contribution in [0.25, 0.3) is 0 Å². The Balaban J connectivity index is 1.69. The Hall–Kier alpha value is -2.00. The van der Waals surface area contributed by atoms with Crippen molar-refractivity contribution in [3.8, 4) is 0 Å². The zero-order valence-corrected chi connectivity index (χ0v) is 15.9. The SMILES string of the molecule is Cc1cc(N(C)C2CCN(S(=O)(=O)c3cn(C)c(C)n3)CC2)ncn1. The average Bonchev–Trinajstić information content (AvgIpc) is 2.94. The van der Waals surface area contributed by atoms with Crippen molar-refractivity contribution in [1.29, 1.82) is 0 Å². The van der Waals surface area contributed by atoms with E-state index in [9.17, 15) is 8.42 Å². The molecule has 2 aromatic rings. The van der Waals surface area contributed by atoms with E-state index < -0.39 is 10.0 Å². The van der Waals surface area contributed by atoms with E-state index in [0.29, 0.717) is 18.9 Å². The first-order valence-corrected chi connectivity index (χ1v) is 9.74. The molecule has 2 aromatic heterocycles. The maximum absolute atomic E-state index is 12.8. The molecule has 1 aliphatic heterocycles. The highest BCUT2D eigenvalue weighted by Gasteiger charge is 2.32. The molecule has 8 nitrogen and oxygen atoms in total. The number of hydrogen-bond donors (Lipinski definition) is 0. The standard InChI is InChI=1S/C16H24N6O2S/c1-12-9-15(18-11-17-12)21(4)14-5-7-22(8-6-14)25(23,24)16-10-20(3)13(2)19-16/h9-11,14H,5-8H2,1-4H3. The van der Waals surface area contributed by atoms with Gasteiger partial charge in [-0.1, -0.05) is 0 Å². The Morgan fingerprint density at radius 1 is 1.20 bits per heavy atom. The van der Waals surface area contributed by atoms with E-state index in [1.807, 2.05) is 20.0 Å². The van der Waals surface area contributed by atoms with Crippen LogP contribution in [-0.4, -0.2) is 58.4 Å². The van der Waals surface area contributed by atoms with Crippen molar-refractivity contribution in [1.82, 2.24) is 23.8 Å². The van der Waals surface area contributed by atoms with Crippen LogP contribution in [0.1, 0.15) is 24.4 Å². The number of piperidine rings is 1. The lowest BCUT2D eigenvalue weighted by Crippen LogP contribution is -2.45. The third-order valence-electron chi connectivity index (χ3n) is 4.81. The first-order chi connectivity index (χ1) is 11.8. The summed E-state index contributed by atoms with van der Waals surface area (Å²) in [6.45, 7) is 4.70. The molecule has 0 aromatic carbocycles. The molecule has 0 radical (unpaired) electrons. The lowest BCUT2D eigenvalue weighted by Gasteiger charge is -2.36. The third kappa shape index (κ3) is 3.52. The summed E-state index contributed by atoms with van der Waals surface area (Å²) in [5.41, 5.74) is 0.919. The van der Waals surface area contributed by atoms with Gasteiger partial charge in [-0.25, -0.2) is 23.4 Å². The molecule has 136 valence electrons. The van der Waals surface area contributed by atoms with Crippen molar-refractivity contribution >= 4 is 15.8 Å². The zero-order valence-electron chi connectivity index (χ0n) is 15.0. The fourth-order valence-electron chi connectivity index (χ4n) is 3.07. The minimum Gasteiger partial charge on any atom is -0.356 e. The topological polar surface area (TPSA) is 84.2 Å². The molecule has 0 spiro atoms. The van der Waals surface area contributed by atoms with Crippen LogP contribution < -0.4 is 4.90 Å². The Kier molecular flexibility index (Phi) is 4.79. The summed E-state index contributed by atoms with van der Waals surface area (Å²) in [7, 11) is 0.270. The van der Waals surface area contributed by atoms with Gasteiger partial charge in [0.25, 0.3) is 10.0 Å². The smallest absolute Gasteiger partial charge is 0.262 e. The Morgan fingerprint density at radius 2 is 1.88 bits per heavy atom. The summed E-state index contributed by atoms with van der Waals surface area (Å²) in [5, 5.41) is 0.130. The summed E-state index contributed by atoms with van der Waals surface area (Å²) in [6, 6.07) is 2.20. The van der Waals surface area contributed by atoms with Gasteiger partial charge in [0.05, 0.1) is 0 Å². The Morgan fingerprint density at radius 3 is 2.44 bits per heavy atom. The molecular weight excluding hydrogens is 340 g/mol. The molecule has 1 saturated heterocycles. The van der Waals surface area contributed by atoms with Gasteiger partial charge in [0.1, 0.15) is 18.0 Å². The molecule has 0 amide bonds. The van der Waals surface area contributed by atoms with Gasteiger partial charge in [0.15, 0.2) is 5.03 Å². The van der Waals surface area contributed by atoms with E-state index in [1.54, 1.807) is 31.1 Å². The van der Waals surface area contributed by atoms with Gasteiger partial charge in [-0.2, -0.15) is 4.31 Å². The summed E-state index contributed by atoms with van der Waals surface area (Å²) >= 11 is 0. The number of hydrogen-bond acceptors (Lipinski definition) is 6. The normalized spacial score (nSPS) is 17.0. The lowest BCUT2D eigenvalue weighted by atomic mass is 10.1. The molecular formula is C16H24N6O2S. The van der Waals surface area contributed by atoms with Crippen LogP contribution in [0.5, 0.6) is 0 Å². The summed E-state index contributed by atoms with van der Waals surface area (Å²) in [5.74, 6) is 1.56. The van der Waals surface area contributed by atoms with Gasteiger partial charge >= 0.3 is 0 Å². The van der Waals surface area contributed by atoms with Gasteiger partial charge < -0.3 is 9.47 Å². The van der Waals surface area contributed by atoms with Crippen LogP contribution in [0.3, 0.4) is 0 Å². The predicted octanol–water partition coefficient (Wildman–Crippen LogP) is 1.12. The van der Waals surface area contributed by atoms with Gasteiger partial charge in [-0.05, 0) is 26.7 Å². The van der Waals surface area contributed by atoms with Crippen molar-refractivity contribution in [2.24, 2.45) is 7.05 Å². The van der Waals surface area contributed by atoms with E-state index in [4.69, 9.17) is 0 Å². The maximum Gasteiger partial charge on any atom is 0.262 e. The van der Waals surface area contributed by atoms with Gasteiger partial charge in [0, 0.05) is 51.2 Å². The number of rotatable bonds is 4. The van der Waals surface area contributed by atoms with Crippen molar-refractivity contribution in [2.75, 3.05) is 25.0 Å².